The molecule has 0 unspecified atom stereocenters. The lowest BCUT2D eigenvalue weighted by molar-refractivity contribution is -0.137. The van der Waals surface area contributed by atoms with Gasteiger partial charge in [-0.3, -0.25) is 4.79 Å². The zero-order valence-electron chi connectivity index (χ0n) is 16.9. The number of rotatable bonds is 8. The molecule has 0 radical (unpaired) electrons. The van der Waals surface area contributed by atoms with Crippen LogP contribution < -0.4 is 10.1 Å². The quantitative estimate of drug-likeness (QED) is 0.536. The van der Waals surface area contributed by atoms with Crippen LogP contribution in [0.4, 0.5) is 5.82 Å². The average molecular weight is 402 g/mol. The number of carbonyl (C=O) groups is 1. The van der Waals surface area contributed by atoms with Crippen molar-refractivity contribution in [1.29, 1.82) is 0 Å². The van der Waals surface area contributed by atoms with Gasteiger partial charge in [0.15, 0.2) is 0 Å². The number of aromatic nitrogens is 1. The number of ether oxygens (including phenoxy) is 1. The number of hydrogen-bond acceptors (Lipinski definition) is 4. The van der Waals surface area contributed by atoms with E-state index in [2.05, 4.69) is 34.6 Å². The number of carboxylic acid groups (broad SMARTS) is 1. The molecule has 0 saturated carbocycles. The highest BCUT2D eigenvalue weighted by atomic mass is 16.5. The van der Waals surface area contributed by atoms with Crippen molar-refractivity contribution >= 4 is 11.8 Å². The standard InChI is InChI=1S/C25H26N2O3/c28-25(29)17-21-14-18-9-10-22(16-20(18)15-19-6-1-2-7-23(19)21)30-13-5-12-27-24-8-3-4-11-26-24/h1-4,6-11,16,21H,5,12-15,17H2,(H,26,27)(H,28,29)/t21-/m1/s1. The molecule has 0 aliphatic heterocycles. The lowest BCUT2D eigenvalue weighted by atomic mass is 9.89. The Labute approximate surface area is 176 Å². The second-order valence-corrected chi connectivity index (χ2v) is 7.65. The number of aliphatic carboxylic acids is 1. The zero-order valence-corrected chi connectivity index (χ0v) is 16.9. The maximum atomic E-state index is 11.4. The first-order valence-corrected chi connectivity index (χ1v) is 10.4. The van der Waals surface area contributed by atoms with Gasteiger partial charge >= 0.3 is 5.97 Å². The smallest absolute Gasteiger partial charge is 0.303 e. The van der Waals surface area contributed by atoms with E-state index >= 15 is 0 Å². The number of nitrogens with one attached hydrogen (secondary N) is 1. The summed E-state index contributed by atoms with van der Waals surface area (Å²) >= 11 is 0. The lowest BCUT2D eigenvalue weighted by Crippen LogP contribution is -2.09. The Morgan fingerprint density at radius 1 is 1.07 bits per heavy atom. The summed E-state index contributed by atoms with van der Waals surface area (Å²) in [5, 5.41) is 12.6. The van der Waals surface area contributed by atoms with Crippen molar-refractivity contribution in [1.82, 2.24) is 4.98 Å². The number of benzene rings is 2. The van der Waals surface area contributed by atoms with E-state index < -0.39 is 5.97 Å². The number of fused-ring (bicyclic) bond motifs is 2. The van der Waals surface area contributed by atoms with Crippen LogP contribution in [0, 0.1) is 0 Å². The van der Waals surface area contributed by atoms with E-state index in [1.54, 1.807) is 6.20 Å². The fraction of sp³-hybridized carbons (Fsp3) is 0.280. The highest BCUT2D eigenvalue weighted by Gasteiger charge is 2.24. The normalized spacial score (nSPS) is 14.9. The van der Waals surface area contributed by atoms with E-state index in [0.29, 0.717) is 6.61 Å². The van der Waals surface area contributed by atoms with Gasteiger partial charge in [0, 0.05) is 12.7 Å². The molecule has 5 heteroatoms. The summed E-state index contributed by atoms with van der Waals surface area (Å²) in [6.45, 7) is 1.42. The molecule has 1 aliphatic rings. The first-order chi connectivity index (χ1) is 14.7. The van der Waals surface area contributed by atoms with Gasteiger partial charge in [0.1, 0.15) is 11.6 Å². The molecule has 4 rings (SSSR count). The molecule has 0 spiro atoms. The second kappa shape index (κ2) is 9.44. The SMILES string of the molecule is O=C(O)C[C@H]1Cc2ccc(OCCCNc3ccccn3)cc2Cc2ccccc21. The lowest BCUT2D eigenvalue weighted by Gasteiger charge is -2.16. The molecule has 1 atom stereocenters. The van der Waals surface area contributed by atoms with Crippen LogP contribution in [0.3, 0.4) is 0 Å². The van der Waals surface area contributed by atoms with Crippen LogP contribution in [-0.2, 0) is 17.6 Å². The fourth-order valence-corrected chi connectivity index (χ4v) is 4.07. The van der Waals surface area contributed by atoms with Gasteiger partial charge in [0.05, 0.1) is 13.0 Å². The average Bonchev–Trinajstić information content (AvgIpc) is 2.90. The molecule has 0 amide bonds. The van der Waals surface area contributed by atoms with Crippen molar-refractivity contribution in [3.63, 3.8) is 0 Å². The number of pyridine rings is 1. The van der Waals surface area contributed by atoms with Crippen molar-refractivity contribution < 1.29 is 14.6 Å². The first kappa shape index (κ1) is 20.0. The highest BCUT2D eigenvalue weighted by Crippen LogP contribution is 2.35. The van der Waals surface area contributed by atoms with Gasteiger partial charge < -0.3 is 15.2 Å². The Bertz CT molecular complexity index is 1000. The van der Waals surface area contributed by atoms with Crippen LogP contribution in [0.1, 0.15) is 41.0 Å². The predicted octanol–water partition coefficient (Wildman–Crippen LogP) is 4.67. The molecule has 0 saturated heterocycles. The number of anilines is 1. The molecule has 0 fully saturated rings. The first-order valence-electron chi connectivity index (χ1n) is 10.4. The summed E-state index contributed by atoms with van der Waals surface area (Å²) in [5.74, 6) is 0.986. The molecular weight excluding hydrogens is 376 g/mol. The monoisotopic (exact) mass is 402 g/mol. The van der Waals surface area contributed by atoms with E-state index in [1.165, 1.54) is 16.7 Å². The minimum atomic E-state index is -0.752. The van der Waals surface area contributed by atoms with Gasteiger partial charge in [0.25, 0.3) is 0 Å². The Hall–Kier alpha value is -3.34. The van der Waals surface area contributed by atoms with Gasteiger partial charge in [-0.25, -0.2) is 4.98 Å². The van der Waals surface area contributed by atoms with Crippen molar-refractivity contribution in [3.8, 4) is 5.75 Å². The number of hydrogen-bond donors (Lipinski definition) is 2. The summed E-state index contributed by atoms with van der Waals surface area (Å²) < 4.78 is 5.98. The van der Waals surface area contributed by atoms with E-state index in [9.17, 15) is 9.90 Å². The topological polar surface area (TPSA) is 71.5 Å². The van der Waals surface area contributed by atoms with Crippen molar-refractivity contribution in [2.24, 2.45) is 0 Å². The van der Waals surface area contributed by atoms with E-state index in [4.69, 9.17) is 4.74 Å². The second-order valence-electron chi connectivity index (χ2n) is 7.65. The van der Waals surface area contributed by atoms with Gasteiger partial charge in [-0.15, -0.1) is 0 Å². The third-order valence-electron chi connectivity index (χ3n) is 5.50. The van der Waals surface area contributed by atoms with Gasteiger partial charge in [0.2, 0.25) is 0 Å². The third-order valence-corrected chi connectivity index (χ3v) is 5.50. The molecule has 1 heterocycles. The molecule has 30 heavy (non-hydrogen) atoms. The van der Waals surface area contributed by atoms with Crippen LogP contribution in [-0.4, -0.2) is 29.2 Å². The summed E-state index contributed by atoms with van der Waals surface area (Å²) in [7, 11) is 0. The zero-order chi connectivity index (χ0) is 20.8. The van der Waals surface area contributed by atoms with E-state index in [1.807, 2.05) is 36.4 Å². The van der Waals surface area contributed by atoms with Crippen molar-refractivity contribution in [2.75, 3.05) is 18.5 Å². The number of nitrogens with zero attached hydrogens (tertiary/aromatic N) is 1. The van der Waals surface area contributed by atoms with Crippen LogP contribution in [0.25, 0.3) is 0 Å². The molecule has 1 aromatic heterocycles. The molecule has 2 N–H and O–H groups in total. The van der Waals surface area contributed by atoms with Crippen LogP contribution in [0.15, 0.2) is 66.9 Å². The third kappa shape index (κ3) is 4.98. The van der Waals surface area contributed by atoms with Gasteiger partial charge in [-0.2, -0.15) is 0 Å². The number of carboxylic acids is 1. The van der Waals surface area contributed by atoms with E-state index in [-0.39, 0.29) is 12.3 Å². The molecule has 154 valence electrons. The summed E-state index contributed by atoms with van der Waals surface area (Å²) in [6, 6.07) is 20.2. The van der Waals surface area contributed by atoms with Crippen LogP contribution >= 0.6 is 0 Å². The van der Waals surface area contributed by atoms with E-state index in [0.717, 1.165) is 42.9 Å². The van der Waals surface area contributed by atoms with Crippen molar-refractivity contribution in [2.45, 2.75) is 31.6 Å². The molecular formula is C25H26N2O3. The Kier molecular flexibility index (Phi) is 6.28. The predicted molar refractivity (Wildman–Crippen MR) is 117 cm³/mol. The summed E-state index contributed by atoms with van der Waals surface area (Å²) in [5.41, 5.74) is 4.79. The Morgan fingerprint density at radius 2 is 1.93 bits per heavy atom. The summed E-state index contributed by atoms with van der Waals surface area (Å²) in [6.07, 6.45) is 4.34. The maximum Gasteiger partial charge on any atom is 0.303 e. The molecule has 2 aromatic carbocycles. The summed E-state index contributed by atoms with van der Waals surface area (Å²) in [4.78, 5) is 15.6. The van der Waals surface area contributed by atoms with Crippen LogP contribution in [0.5, 0.6) is 5.75 Å². The van der Waals surface area contributed by atoms with Gasteiger partial charge in [-0.1, -0.05) is 36.4 Å². The Morgan fingerprint density at radius 3 is 2.77 bits per heavy atom. The highest BCUT2D eigenvalue weighted by molar-refractivity contribution is 5.68. The fourth-order valence-electron chi connectivity index (χ4n) is 4.07. The minimum absolute atomic E-state index is 0.00406. The molecule has 5 nitrogen and oxygen atoms in total. The largest absolute Gasteiger partial charge is 0.494 e. The maximum absolute atomic E-state index is 11.4. The van der Waals surface area contributed by atoms with Crippen LogP contribution in [0.2, 0.25) is 0 Å². The Balaban J connectivity index is 1.40. The molecule has 1 aliphatic carbocycles. The molecule has 3 aromatic rings. The van der Waals surface area contributed by atoms with Gasteiger partial charge in [-0.05, 0) is 71.7 Å². The minimum Gasteiger partial charge on any atom is -0.494 e. The molecule has 0 bridgehead atoms. The van der Waals surface area contributed by atoms with Crippen molar-refractivity contribution in [3.05, 3.63) is 89.1 Å².